The van der Waals surface area contributed by atoms with Gasteiger partial charge in [0.05, 0.1) is 6.04 Å². The van der Waals surface area contributed by atoms with E-state index in [1.807, 2.05) is 0 Å². The number of rotatable bonds is 4. The molecule has 2 atom stereocenters. The lowest BCUT2D eigenvalue weighted by Gasteiger charge is -2.38. The van der Waals surface area contributed by atoms with Crippen LogP contribution < -0.4 is 4.74 Å². The fraction of sp³-hybridized carbons (Fsp3) is 0.600. The maximum atomic E-state index is 10.2. The first-order valence-corrected chi connectivity index (χ1v) is 6.89. The summed E-state index contributed by atoms with van der Waals surface area (Å²) in [4.78, 5) is 2.30. The van der Waals surface area contributed by atoms with Crippen LogP contribution in [0.3, 0.4) is 0 Å². The third kappa shape index (κ3) is 2.25. The van der Waals surface area contributed by atoms with Crippen LogP contribution in [-0.2, 0) is 6.42 Å². The van der Waals surface area contributed by atoms with E-state index < -0.39 is 6.10 Å². The number of aliphatic hydroxyl groups is 1. The molecule has 0 saturated carbocycles. The predicted molar refractivity (Wildman–Crippen MR) is 73.0 cm³/mol. The summed E-state index contributed by atoms with van der Waals surface area (Å²) in [7, 11) is 0. The largest absolute Gasteiger partial charge is 0.490 e. The number of benzene rings is 1. The van der Waals surface area contributed by atoms with Crippen molar-refractivity contribution in [3.8, 4) is 5.75 Å². The molecule has 1 aromatic carbocycles. The van der Waals surface area contributed by atoms with Crippen molar-refractivity contribution in [2.45, 2.75) is 39.3 Å². The van der Waals surface area contributed by atoms with Gasteiger partial charge < -0.3 is 9.84 Å². The van der Waals surface area contributed by atoms with Crippen molar-refractivity contribution in [1.82, 2.24) is 4.90 Å². The van der Waals surface area contributed by atoms with Gasteiger partial charge >= 0.3 is 0 Å². The Morgan fingerprint density at radius 3 is 2.61 bits per heavy atom. The normalized spacial score (nSPS) is 22.7. The molecule has 2 unspecified atom stereocenters. The zero-order valence-electron chi connectivity index (χ0n) is 11.5. The van der Waals surface area contributed by atoms with Crippen molar-refractivity contribution in [2.75, 3.05) is 19.7 Å². The van der Waals surface area contributed by atoms with Crippen molar-refractivity contribution >= 4 is 0 Å². The zero-order valence-corrected chi connectivity index (χ0v) is 11.5. The van der Waals surface area contributed by atoms with E-state index >= 15 is 0 Å². The van der Waals surface area contributed by atoms with E-state index in [2.05, 4.69) is 43.9 Å². The van der Waals surface area contributed by atoms with Gasteiger partial charge in [0.1, 0.15) is 18.5 Å². The van der Waals surface area contributed by atoms with Crippen LogP contribution in [0.15, 0.2) is 18.2 Å². The van der Waals surface area contributed by atoms with E-state index in [0.717, 1.165) is 30.8 Å². The standard InChI is InChI=1S/C15H23NO2/c1-4-11-8-7-9-12-14(16(5-2)6-3)13(17)10-18-15(11)12/h7-9,13-14,17H,4-6,10H2,1-3H3. The van der Waals surface area contributed by atoms with Crippen LogP contribution in [0.5, 0.6) is 5.75 Å². The Hall–Kier alpha value is -1.06. The fourth-order valence-electron chi connectivity index (χ4n) is 2.82. The smallest absolute Gasteiger partial charge is 0.127 e. The molecule has 1 aromatic rings. The van der Waals surface area contributed by atoms with Crippen molar-refractivity contribution < 1.29 is 9.84 Å². The molecule has 0 bridgehead atoms. The molecule has 0 aliphatic carbocycles. The van der Waals surface area contributed by atoms with Gasteiger partial charge in [-0.2, -0.15) is 0 Å². The van der Waals surface area contributed by atoms with Crippen LogP contribution in [0.4, 0.5) is 0 Å². The number of hydrogen-bond donors (Lipinski definition) is 1. The Morgan fingerprint density at radius 1 is 1.28 bits per heavy atom. The van der Waals surface area contributed by atoms with Crippen LogP contribution in [0.1, 0.15) is 37.9 Å². The van der Waals surface area contributed by atoms with E-state index in [1.165, 1.54) is 5.56 Å². The van der Waals surface area contributed by atoms with Gasteiger partial charge in [0.25, 0.3) is 0 Å². The second-order valence-electron chi connectivity index (χ2n) is 4.73. The lowest BCUT2D eigenvalue weighted by Crippen LogP contribution is -2.42. The van der Waals surface area contributed by atoms with Crippen LogP contribution in [0.25, 0.3) is 0 Å². The van der Waals surface area contributed by atoms with E-state index in [9.17, 15) is 5.11 Å². The van der Waals surface area contributed by atoms with Gasteiger partial charge in [-0.25, -0.2) is 0 Å². The molecule has 3 nitrogen and oxygen atoms in total. The van der Waals surface area contributed by atoms with E-state index in [0.29, 0.717) is 6.61 Å². The van der Waals surface area contributed by atoms with Gasteiger partial charge in [-0.05, 0) is 25.1 Å². The highest BCUT2D eigenvalue weighted by molar-refractivity contribution is 5.45. The number of nitrogens with zero attached hydrogens (tertiary/aromatic N) is 1. The third-order valence-electron chi connectivity index (χ3n) is 3.80. The SMILES string of the molecule is CCc1cccc2c1OCC(O)C2N(CC)CC. The highest BCUT2D eigenvalue weighted by atomic mass is 16.5. The van der Waals surface area contributed by atoms with Gasteiger partial charge in [-0.15, -0.1) is 0 Å². The Labute approximate surface area is 109 Å². The lowest BCUT2D eigenvalue weighted by atomic mass is 9.93. The minimum Gasteiger partial charge on any atom is -0.490 e. The van der Waals surface area contributed by atoms with Gasteiger partial charge in [0.2, 0.25) is 0 Å². The number of likely N-dealkylation sites (N-methyl/N-ethyl adjacent to an activating group) is 1. The summed E-state index contributed by atoms with van der Waals surface area (Å²) in [6.07, 6.45) is 0.522. The first kappa shape index (κ1) is 13.4. The number of fused-ring (bicyclic) bond motifs is 1. The quantitative estimate of drug-likeness (QED) is 0.889. The van der Waals surface area contributed by atoms with Gasteiger partial charge in [0, 0.05) is 5.56 Å². The van der Waals surface area contributed by atoms with Crippen molar-refractivity contribution in [2.24, 2.45) is 0 Å². The fourth-order valence-corrected chi connectivity index (χ4v) is 2.82. The molecule has 0 saturated heterocycles. The number of ether oxygens (including phenoxy) is 1. The Bertz CT molecular complexity index is 401. The molecular weight excluding hydrogens is 226 g/mol. The monoisotopic (exact) mass is 249 g/mol. The van der Waals surface area contributed by atoms with Crippen molar-refractivity contribution in [1.29, 1.82) is 0 Å². The first-order chi connectivity index (χ1) is 8.72. The highest BCUT2D eigenvalue weighted by Crippen LogP contribution is 2.38. The number of para-hydroxylation sites is 1. The van der Waals surface area contributed by atoms with Crippen LogP contribution in [0.2, 0.25) is 0 Å². The summed E-state index contributed by atoms with van der Waals surface area (Å²) in [5.74, 6) is 0.988. The average Bonchev–Trinajstić information content (AvgIpc) is 2.41. The summed E-state index contributed by atoms with van der Waals surface area (Å²) >= 11 is 0. The molecule has 0 spiro atoms. The summed E-state index contributed by atoms with van der Waals surface area (Å²) in [6, 6.07) is 6.32. The topological polar surface area (TPSA) is 32.7 Å². The summed E-state index contributed by atoms with van der Waals surface area (Å²) in [6.45, 7) is 8.67. The molecular formula is C15H23NO2. The van der Waals surface area contributed by atoms with Gasteiger partial charge in [-0.1, -0.05) is 39.0 Å². The van der Waals surface area contributed by atoms with Crippen molar-refractivity contribution in [3.63, 3.8) is 0 Å². The molecule has 0 radical (unpaired) electrons. The molecule has 1 aliphatic heterocycles. The van der Waals surface area contributed by atoms with Crippen molar-refractivity contribution in [3.05, 3.63) is 29.3 Å². The maximum absolute atomic E-state index is 10.2. The van der Waals surface area contributed by atoms with Gasteiger partial charge in [0.15, 0.2) is 0 Å². The molecule has 3 heteroatoms. The third-order valence-corrected chi connectivity index (χ3v) is 3.80. The Kier molecular flexibility index (Phi) is 4.25. The molecule has 0 aromatic heterocycles. The van der Waals surface area contributed by atoms with E-state index in [-0.39, 0.29) is 6.04 Å². The van der Waals surface area contributed by atoms with Crippen LogP contribution in [0, 0.1) is 0 Å². The predicted octanol–water partition coefficient (Wildman–Crippen LogP) is 2.39. The molecule has 0 amide bonds. The number of aryl methyl sites for hydroxylation is 1. The zero-order chi connectivity index (χ0) is 13.1. The lowest BCUT2D eigenvalue weighted by molar-refractivity contribution is 0.00328. The van der Waals surface area contributed by atoms with Crippen LogP contribution in [-0.4, -0.2) is 35.8 Å². The first-order valence-electron chi connectivity index (χ1n) is 6.89. The van der Waals surface area contributed by atoms with Crippen LogP contribution >= 0.6 is 0 Å². The number of hydrogen-bond acceptors (Lipinski definition) is 3. The molecule has 0 fully saturated rings. The Balaban J connectivity index is 2.44. The second-order valence-corrected chi connectivity index (χ2v) is 4.73. The highest BCUT2D eigenvalue weighted by Gasteiger charge is 2.33. The molecule has 1 aliphatic rings. The van der Waals surface area contributed by atoms with E-state index in [1.54, 1.807) is 0 Å². The maximum Gasteiger partial charge on any atom is 0.127 e. The van der Waals surface area contributed by atoms with Gasteiger partial charge in [-0.3, -0.25) is 4.90 Å². The average molecular weight is 249 g/mol. The summed E-state index contributed by atoms with van der Waals surface area (Å²) in [5.41, 5.74) is 2.37. The minimum absolute atomic E-state index is 0.0650. The summed E-state index contributed by atoms with van der Waals surface area (Å²) < 4.78 is 5.75. The molecule has 18 heavy (non-hydrogen) atoms. The molecule has 2 rings (SSSR count). The minimum atomic E-state index is -0.440. The molecule has 1 heterocycles. The molecule has 100 valence electrons. The second kappa shape index (κ2) is 5.72. The number of aliphatic hydroxyl groups excluding tert-OH is 1. The Morgan fingerprint density at radius 2 is 2.00 bits per heavy atom. The molecule has 1 N–H and O–H groups in total. The summed E-state index contributed by atoms with van der Waals surface area (Å²) in [5, 5.41) is 10.2. The van der Waals surface area contributed by atoms with E-state index in [4.69, 9.17) is 4.74 Å².